The number of fused-ring (bicyclic) bond motifs is 1. The van der Waals surface area contributed by atoms with E-state index in [-0.39, 0.29) is 10.8 Å². The van der Waals surface area contributed by atoms with Crippen molar-refractivity contribution in [1.82, 2.24) is 0 Å². The Balaban J connectivity index is 2.15. The Bertz CT molecular complexity index is 743. The van der Waals surface area contributed by atoms with E-state index in [9.17, 15) is 4.79 Å². The molecule has 0 N–H and O–H groups in total. The van der Waals surface area contributed by atoms with Crippen LogP contribution in [0.15, 0.2) is 6.07 Å². The molecule has 3 rings (SSSR count). The molecule has 5 heteroatoms. The molecule has 0 bridgehead atoms. The summed E-state index contributed by atoms with van der Waals surface area (Å²) < 4.78 is 22.8. The third-order valence-corrected chi connectivity index (χ3v) is 7.98. The zero-order chi connectivity index (χ0) is 21.4. The van der Waals surface area contributed by atoms with Crippen molar-refractivity contribution >= 4 is 5.78 Å². The van der Waals surface area contributed by atoms with Crippen LogP contribution in [0.4, 0.5) is 0 Å². The molecule has 1 aromatic carbocycles. The fourth-order valence-electron chi connectivity index (χ4n) is 6.07. The quantitative estimate of drug-likeness (QED) is 0.662. The smallest absolute Gasteiger partial charge is 0.167 e. The summed E-state index contributed by atoms with van der Waals surface area (Å²) in [6.45, 7) is 6.88. The molecule has 0 spiro atoms. The molecule has 0 aliphatic heterocycles. The number of ketones is 1. The molecule has 0 unspecified atom stereocenters. The molecule has 0 heterocycles. The maximum atomic E-state index is 13.0. The Morgan fingerprint density at radius 3 is 2.07 bits per heavy atom. The molecule has 29 heavy (non-hydrogen) atoms. The van der Waals surface area contributed by atoms with Crippen molar-refractivity contribution in [3.05, 3.63) is 11.6 Å². The predicted molar refractivity (Wildman–Crippen MR) is 113 cm³/mol. The summed E-state index contributed by atoms with van der Waals surface area (Å²) in [7, 11) is 6.59. The molecule has 5 nitrogen and oxygen atoms in total. The van der Waals surface area contributed by atoms with Gasteiger partial charge in [0.25, 0.3) is 0 Å². The fraction of sp³-hybridized carbons (Fsp3) is 0.708. The summed E-state index contributed by atoms with van der Waals surface area (Å²) >= 11 is 0. The van der Waals surface area contributed by atoms with E-state index in [1.807, 2.05) is 6.07 Å². The molecule has 0 saturated heterocycles. The predicted octanol–water partition coefficient (Wildman–Crippen LogP) is 5.08. The van der Waals surface area contributed by atoms with E-state index < -0.39 is 0 Å². The highest BCUT2D eigenvalue weighted by atomic mass is 16.5. The van der Waals surface area contributed by atoms with E-state index >= 15 is 0 Å². The first-order valence-electron chi connectivity index (χ1n) is 10.7. The number of ether oxygens (including phenoxy) is 4. The number of methoxy groups -OCH3 is 4. The van der Waals surface area contributed by atoms with Gasteiger partial charge in [-0.2, -0.15) is 0 Å². The number of Topliss-reactive ketones (excluding diaryl/α,β-unsaturated/α-hetero) is 1. The first kappa shape index (κ1) is 21.8. The van der Waals surface area contributed by atoms with Crippen molar-refractivity contribution < 1.29 is 23.7 Å². The number of carbonyl (C=O) groups excluding carboxylic acids is 1. The van der Waals surface area contributed by atoms with E-state index in [1.165, 1.54) is 0 Å². The van der Waals surface area contributed by atoms with E-state index in [4.69, 9.17) is 18.9 Å². The first-order valence-corrected chi connectivity index (χ1v) is 10.7. The van der Waals surface area contributed by atoms with E-state index in [0.29, 0.717) is 40.6 Å². The molecule has 2 saturated carbocycles. The van der Waals surface area contributed by atoms with Crippen molar-refractivity contribution in [2.45, 2.75) is 59.3 Å². The Morgan fingerprint density at radius 1 is 0.966 bits per heavy atom. The molecule has 0 aromatic heterocycles. The van der Waals surface area contributed by atoms with Crippen LogP contribution in [0, 0.1) is 22.7 Å². The van der Waals surface area contributed by atoms with Crippen LogP contribution in [0.5, 0.6) is 23.0 Å². The summed E-state index contributed by atoms with van der Waals surface area (Å²) in [6, 6.07) is 1.81. The zero-order valence-corrected chi connectivity index (χ0v) is 19.0. The second-order valence-electron chi connectivity index (χ2n) is 9.23. The molecule has 2 aliphatic carbocycles. The summed E-state index contributed by atoms with van der Waals surface area (Å²) in [5.41, 5.74) is 0.673. The van der Waals surface area contributed by atoms with Crippen molar-refractivity contribution in [2.24, 2.45) is 22.7 Å². The highest BCUT2D eigenvalue weighted by Gasteiger charge is 2.56. The monoisotopic (exact) mass is 404 g/mol. The van der Waals surface area contributed by atoms with Crippen molar-refractivity contribution in [3.63, 3.8) is 0 Å². The molecular weight excluding hydrogens is 368 g/mol. The van der Waals surface area contributed by atoms with Gasteiger partial charge in [-0.25, -0.2) is 0 Å². The largest absolute Gasteiger partial charge is 0.493 e. The van der Waals surface area contributed by atoms with Gasteiger partial charge in [0.1, 0.15) is 5.78 Å². The average Bonchev–Trinajstić information content (AvgIpc) is 2.71. The van der Waals surface area contributed by atoms with E-state index in [0.717, 1.165) is 44.1 Å². The average molecular weight is 405 g/mol. The lowest BCUT2D eigenvalue weighted by atomic mass is 9.46. The van der Waals surface area contributed by atoms with Crippen molar-refractivity contribution in [1.29, 1.82) is 0 Å². The van der Waals surface area contributed by atoms with Crippen LogP contribution in [-0.4, -0.2) is 34.2 Å². The van der Waals surface area contributed by atoms with Gasteiger partial charge in [-0.3, -0.25) is 4.79 Å². The minimum atomic E-state index is -0.233. The van der Waals surface area contributed by atoms with Gasteiger partial charge in [0.15, 0.2) is 23.0 Å². The normalized spacial score (nSPS) is 31.8. The van der Waals surface area contributed by atoms with Crippen LogP contribution in [-0.2, 0) is 11.2 Å². The van der Waals surface area contributed by atoms with E-state index in [2.05, 4.69) is 20.8 Å². The second-order valence-corrected chi connectivity index (χ2v) is 9.23. The van der Waals surface area contributed by atoms with Crippen LogP contribution < -0.4 is 18.9 Å². The summed E-state index contributed by atoms with van der Waals surface area (Å²) in [6.07, 6.45) is 5.59. The van der Waals surface area contributed by atoms with Gasteiger partial charge in [0.2, 0.25) is 0 Å². The lowest BCUT2D eigenvalue weighted by Crippen LogP contribution is -2.54. The van der Waals surface area contributed by atoms with Gasteiger partial charge in [-0.05, 0) is 49.4 Å². The van der Waals surface area contributed by atoms with Gasteiger partial charge < -0.3 is 18.9 Å². The van der Waals surface area contributed by atoms with Crippen LogP contribution in [0.25, 0.3) is 0 Å². The lowest BCUT2D eigenvalue weighted by molar-refractivity contribution is -0.148. The molecule has 2 fully saturated rings. The van der Waals surface area contributed by atoms with Crippen LogP contribution >= 0.6 is 0 Å². The standard InChI is InChI=1S/C24H36O5/c1-15-11-12-23(2)19(9-8-10-20(23)25)24(15,3)14-16-21(28-6)17(26-4)13-18(27-5)22(16)29-7/h13,15,19H,8-12,14H2,1-7H3/t15-,19+,23-,24+/m0/s1. The molecule has 1 aromatic rings. The summed E-state index contributed by atoms with van der Waals surface area (Å²) in [4.78, 5) is 13.0. The van der Waals surface area contributed by atoms with Gasteiger partial charge >= 0.3 is 0 Å². The maximum absolute atomic E-state index is 13.0. The topological polar surface area (TPSA) is 54.0 Å². The number of hydrogen-bond donors (Lipinski definition) is 0. The Labute approximate surface area is 175 Å². The highest BCUT2D eigenvalue weighted by Crippen LogP contribution is 2.61. The first-order chi connectivity index (χ1) is 13.8. The minimum Gasteiger partial charge on any atom is -0.493 e. The third kappa shape index (κ3) is 3.36. The summed E-state index contributed by atoms with van der Waals surface area (Å²) in [5, 5.41) is 0. The molecular formula is C24H36O5. The zero-order valence-electron chi connectivity index (χ0n) is 19.0. The Hall–Kier alpha value is -1.91. The number of hydrogen-bond acceptors (Lipinski definition) is 5. The second kappa shape index (κ2) is 8.08. The fourth-order valence-corrected chi connectivity index (χ4v) is 6.07. The summed E-state index contributed by atoms with van der Waals surface area (Å²) in [5.74, 6) is 3.91. The van der Waals surface area contributed by atoms with E-state index in [1.54, 1.807) is 28.4 Å². The molecule has 0 amide bonds. The maximum Gasteiger partial charge on any atom is 0.167 e. The van der Waals surface area contributed by atoms with Gasteiger partial charge in [0, 0.05) is 23.5 Å². The van der Waals surface area contributed by atoms with Crippen molar-refractivity contribution in [3.8, 4) is 23.0 Å². The molecule has 4 atom stereocenters. The SMILES string of the molecule is COc1cc(OC)c(OC)c(C[C@]2(C)[C@@H](C)CC[C@]3(C)C(=O)CCC[C@@H]23)c1OC. The number of benzene rings is 1. The van der Waals surface area contributed by atoms with Gasteiger partial charge in [-0.15, -0.1) is 0 Å². The molecule has 162 valence electrons. The molecule has 0 radical (unpaired) electrons. The van der Waals surface area contributed by atoms with Crippen LogP contribution in [0.2, 0.25) is 0 Å². The number of rotatable bonds is 6. The highest BCUT2D eigenvalue weighted by molar-refractivity contribution is 5.85. The number of carbonyl (C=O) groups is 1. The van der Waals surface area contributed by atoms with Crippen LogP contribution in [0.1, 0.15) is 58.4 Å². The Morgan fingerprint density at radius 2 is 1.55 bits per heavy atom. The Kier molecular flexibility index (Phi) is 6.07. The lowest BCUT2D eigenvalue weighted by Gasteiger charge is -2.57. The van der Waals surface area contributed by atoms with Crippen LogP contribution in [0.3, 0.4) is 0 Å². The van der Waals surface area contributed by atoms with Gasteiger partial charge in [-0.1, -0.05) is 20.8 Å². The van der Waals surface area contributed by atoms with Gasteiger partial charge in [0.05, 0.1) is 28.4 Å². The third-order valence-electron chi connectivity index (χ3n) is 7.98. The molecule has 2 aliphatic rings. The van der Waals surface area contributed by atoms with Crippen molar-refractivity contribution in [2.75, 3.05) is 28.4 Å². The minimum absolute atomic E-state index is 0.0545.